The van der Waals surface area contributed by atoms with E-state index in [0.29, 0.717) is 0 Å². The van der Waals surface area contributed by atoms with Gasteiger partial charge >= 0.3 is 0 Å². The number of aromatic hydroxyl groups is 2. The van der Waals surface area contributed by atoms with E-state index in [1.807, 2.05) is 0 Å². The van der Waals surface area contributed by atoms with E-state index in [-0.39, 0.29) is 6.07 Å². The van der Waals surface area contributed by atoms with Gasteiger partial charge in [0.2, 0.25) is 11.6 Å². The van der Waals surface area contributed by atoms with E-state index >= 15 is 0 Å². The molecule has 0 heterocycles. The van der Waals surface area contributed by atoms with Crippen LogP contribution < -0.4 is 0 Å². The molecule has 9 heteroatoms. The van der Waals surface area contributed by atoms with Crippen molar-refractivity contribution in [2.24, 2.45) is 0 Å². The van der Waals surface area contributed by atoms with E-state index in [0.717, 1.165) is 0 Å². The highest BCUT2D eigenvalue weighted by atomic mass is 19.2. The molecule has 0 bridgehead atoms. The minimum absolute atomic E-state index is 0.0357. The number of benzene rings is 2. The molecule has 2 aromatic rings. The Kier molecular flexibility index (Phi) is 3.44. The number of rotatable bonds is 1. The van der Waals surface area contributed by atoms with E-state index in [4.69, 9.17) is 10.2 Å². The summed E-state index contributed by atoms with van der Waals surface area (Å²) in [6, 6.07) is -0.0357. The monoisotopic (exact) mass is 312 g/mol. The first-order valence-corrected chi connectivity index (χ1v) is 5.10. The molecule has 2 N–H and O–H groups in total. The summed E-state index contributed by atoms with van der Waals surface area (Å²) in [4.78, 5) is 0. The zero-order valence-electron chi connectivity index (χ0n) is 9.62. The van der Waals surface area contributed by atoms with E-state index < -0.39 is 63.3 Å². The van der Waals surface area contributed by atoms with Crippen molar-refractivity contribution in [2.45, 2.75) is 0 Å². The van der Waals surface area contributed by atoms with Crippen LogP contribution in [0.15, 0.2) is 6.07 Å². The maximum atomic E-state index is 13.6. The van der Waals surface area contributed by atoms with Gasteiger partial charge in [0.1, 0.15) is 0 Å². The van der Waals surface area contributed by atoms with E-state index in [1.165, 1.54) is 0 Å². The Labute approximate surface area is 111 Å². The van der Waals surface area contributed by atoms with Gasteiger partial charge in [0, 0.05) is 5.56 Å². The third-order valence-corrected chi connectivity index (χ3v) is 2.64. The first-order valence-electron chi connectivity index (χ1n) is 5.10. The van der Waals surface area contributed by atoms with Crippen molar-refractivity contribution in [3.63, 3.8) is 0 Å². The maximum absolute atomic E-state index is 13.6. The van der Waals surface area contributed by atoms with Gasteiger partial charge in [-0.2, -0.15) is 8.78 Å². The van der Waals surface area contributed by atoms with Crippen LogP contribution in [0.5, 0.6) is 11.5 Å². The zero-order valence-corrected chi connectivity index (χ0v) is 9.62. The first-order chi connectivity index (χ1) is 9.68. The van der Waals surface area contributed by atoms with Crippen LogP contribution in [-0.4, -0.2) is 10.2 Å². The number of phenolic OH excluding ortho intramolecular Hbond substituents is 2. The molecule has 0 aliphatic heterocycles. The predicted octanol–water partition coefficient (Wildman–Crippen LogP) is 3.74. The van der Waals surface area contributed by atoms with Crippen molar-refractivity contribution in [3.8, 4) is 22.6 Å². The fourth-order valence-corrected chi connectivity index (χ4v) is 1.63. The largest absolute Gasteiger partial charge is 0.503 e. The highest BCUT2D eigenvalue weighted by molar-refractivity contribution is 5.69. The van der Waals surface area contributed by atoms with Crippen molar-refractivity contribution < 1.29 is 40.9 Å². The van der Waals surface area contributed by atoms with Gasteiger partial charge in [-0.1, -0.05) is 0 Å². The molecule has 112 valence electrons. The molecule has 2 nitrogen and oxygen atoms in total. The number of halogens is 7. The van der Waals surface area contributed by atoms with Crippen molar-refractivity contribution >= 4 is 0 Å². The number of phenols is 2. The fraction of sp³-hybridized carbons (Fsp3) is 0. The second kappa shape index (κ2) is 4.83. The molecule has 0 fully saturated rings. The van der Waals surface area contributed by atoms with Crippen LogP contribution in [0.25, 0.3) is 11.1 Å². The molecule has 0 amide bonds. The quantitative estimate of drug-likeness (QED) is 0.478. The van der Waals surface area contributed by atoms with Gasteiger partial charge in [-0.15, -0.1) is 0 Å². The minimum Gasteiger partial charge on any atom is -0.503 e. The van der Waals surface area contributed by atoms with Gasteiger partial charge in [0.05, 0.1) is 5.56 Å². The van der Waals surface area contributed by atoms with E-state index in [1.54, 1.807) is 0 Å². The van der Waals surface area contributed by atoms with Crippen LogP contribution in [-0.2, 0) is 0 Å². The lowest BCUT2D eigenvalue weighted by Gasteiger charge is -2.11. The van der Waals surface area contributed by atoms with E-state index in [9.17, 15) is 30.7 Å². The standard InChI is InChI=1S/C12H3F7O2/c13-3-1-2(5(14)9(18)11(3)20)4-6(15)8(17)10(19)12(21)7(4)16/h1,20-21H. The van der Waals surface area contributed by atoms with Gasteiger partial charge in [0.25, 0.3) is 0 Å². The molecule has 21 heavy (non-hydrogen) atoms. The molecule has 2 rings (SSSR count). The lowest BCUT2D eigenvalue weighted by atomic mass is 10.0. The summed E-state index contributed by atoms with van der Waals surface area (Å²) < 4.78 is 92.8. The Balaban J connectivity index is 2.93. The Hall–Kier alpha value is -2.45. The van der Waals surface area contributed by atoms with Gasteiger partial charge in [-0.3, -0.25) is 0 Å². The smallest absolute Gasteiger partial charge is 0.206 e. The minimum atomic E-state index is -2.36. The van der Waals surface area contributed by atoms with Gasteiger partial charge < -0.3 is 10.2 Å². The highest BCUT2D eigenvalue weighted by Crippen LogP contribution is 2.39. The number of hydrogen-bond acceptors (Lipinski definition) is 2. The van der Waals surface area contributed by atoms with Gasteiger partial charge in [0.15, 0.2) is 40.6 Å². The molecule has 0 spiro atoms. The van der Waals surface area contributed by atoms with Crippen molar-refractivity contribution in [3.05, 3.63) is 46.8 Å². The summed E-state index contributed by atoms with van der Waals surface area (Å²) in [6.45, 7) is 0. The Bertz CT molecular complexity index is 729. The summed E-state index contributed by atoms with van der Waals surface area (Å²) in [5.74, 6) is -19.0. The normalized spacial score (nSPS) is 11.0. The second-order valence-electron chi connectivity index (χ2n) is 3.86. The van der Waals surface area contributed by atoms with Crippen molar-refractivity contribution in [1.29, 1.82) is 0 Å². The molecular formula is C12H3F7O2. The fourth-order valence-electron chi connectivity index (χ4n) is 1.63. The molecule has 0 saturated heterocycles. The summed E-state index contributed by atoms with van der Waals surface area (Å²) >= 11 is 0. The Morgan fingerprint density at radius 1 is 0.571 bits per heavy atom. The highest BCUT2D eigenvalue weighted by Gasteiger charge is 2.30. The van der Waals surface area contributed by atoms with Crippen LogP contribution >= 0.6 is 0 Å². The molecule has 0 saturated carbocycles. The third-order valence-electron chi connectivity index (χ3n) is 2.64. The van der Waals surface area contributed by atoms with Crippen LogP contribution in [0.2, 0.25) is 0 Å². The van der Waals surface area contributed by atoms with Crippen molar-refractivity contribution in [1.82, 2.24) is 0 Å². The average molecular weight is 312 g/mol. The van der Waals surface area contributed by atoms with Crippen LogP contribution in [0.3, 0.4) is 0 Å². The molecule has 0 aromatic heterocycles. The van der Waals surface area contributed by atoms with Gasteiger partial charge in [-0.25, -0.2) is 22.0 Å². The van der Waals surface area contributed by atoms with Gasteiger partial charge in [-0.05, 0) is 6.07 Å². The number of hydrogen-bond donors (Lipinski definition) is 2. The van der Waals surface area contributed by atoms with Crippen molar-refractivity contribution in [2.75, 3.05) is 0 Å². The lowest BCUT2D eigenvalue weighted by Crippen LogP contribution is -2.03. The van der Waals surface area contributed by atoms with Crippen LogP contribution in [0, 0.1) is 40.7 Å². The summed E-state index contributed by atoms with van der Waals surface area (Å²) in [7, 11) is 0. The SMILES string of the molecule is Oc1c(F)cc(-c2c(F)c(O)c(F)c(F)c2F)c(F)c1F. The molecule has 0 unspecified atom stereocenters. The molecule has 0 aliphatic carbocycles. The summed E-state index contributed by atoms with van der Waals surface area (Å²) in [6.07, 6.45) is 0. The maximum Gasteiger partial charge on any atom is 0.206 e. The Morgan fingerprint density at radius 3 is 1.67 bits per heavy atom. The molecular weight excluding hydrogens is 309 g/mol. The first kappa shape index (κ1) is 14.9. The van der Waals surface area contributed by atoms with E-state index in [2.05, 4.69) is 0 Å². The molecule has 0 atom stereocenters. The molecule has 2 aromatic carbocycles. The van der Waals surface area contributed by atoms with Crippen LogP contribution in [0.4, 0.5) is 30.7 Å². The average Bonchev–Trinajstić information content (AvgIpc) is 2.46. The third kappa shape index (κ3) is 2.05. The molecule has 0 aliphatic rings. The zero-order chi connectivity index (χ0) is 16.1. The predicted molar refractivity (Wildman–Crippen MR) is 54.9 cm³/mol. The Morgan fingerprint density at radius 2 is 1.10 bits per heavy atom. The summed E-state index contributed by atoms with van der Waals surface area (Å²) in [5, 5.41) is 17.7. The molecule has 0 radical (unpaired) electrons. The topological polar surface area (TPSA) is 40.5 Å². The summed E-state index contributed by atoms with van der Waals surface area (Å²) in [5.41, 5.74) is -3.20. The second-order valence-corrected chi connectivity index (χ2v) is 3.86. The van der Waals surface area contributed by atoms with Crippen LogP contribution in [0.1, 0.15) is 0 Å². The lowest BCUT2D eigenvalue weighted by molar-refractivity contribution is 0.359.